The minimum absolute atomic E-state index is 0.0565. The smallest absolute Gasteiger partial charge is 0.408 e. The van der Waals surface area contributed by atoms with E-state index in [2.05, 4.69) is 10.6 Å². The number of hydrogen-bond donors (Lipinski definition) is 3. The zero-order valence-corrected chi connectivity index (χ0v) is 19.4. The van der Waals surface area contributed by atoms with Gasteiger partial charge < -0.3 is 25.4 Å². The quantitative estimate of drug-likeness (QED) is 0.677. The molecule has 0 heterocycles. The molecule has 3 amide bonds. The van der Waals surface area contributed by atoms with Crippen LogP contribution in [0.5, 0.6) is 5.75 Å². The highest BCUT2D eigenvalue weighted by atomic mass is 16.6. The summed E-state index contributed by atoms with van der Waals surface area (Å²) in [7, 11) is 1.46. The topological polar surface area (TPSA) is 108 Å². The van der Waals surface area contributed by atoms with Crippen molar-refractivity contribution in [2.45, 2.75) is 78.6 Å². The Kier molecular flexibility index (Phi) is 7.89. The first-order valence-corrected chi connectivity index (χ1v) is 9.90. The van der Waals surface area contributed by atoms with Crippen LogP contribution in [0.1, 0.15) is 65.6 Å². The predicted molar refractivity (Wildman–Crippen MR) is 115 cm³/mol. The van der Waals surface area contributed by atoms with Gasteiger partial charge in [-0.3, -0.25) is 9.59 Å². The number of alkyl carbamates (subject to hydrolysis) is 1. The zero-order valence-electron chi connectivity index (χ0n) is 19.4. The van der Waals surface area contributed by atoms with E-state index in [0.717, 1.165) is 0 Å². The van der Waals surface area contributed by atoms with E-state index in [4.69, 9.17) is 4.74 Å². The van der Waals surface area contributed by atoms with E-state index in [9.17, 15) is 19.5 Å². The number of nitrogens with one attached hydrogen (secondary N) is 2. The average molecular weight is 422 g/mol. The number of phenols is 1. The molecule has 0 spiro atoms. The van der Waals surface area contributed by atoms with Gasteiger partial charge in [-0.25, -0.2) is 4.79 Å². The molecule has 0 saturated heterocycles. The lowest BCUT2D eigenvalue weighted by molar-refractivity contribution is -0.141. The van der Waals surface area contributed by atoms with Crippen molar-refractivity contribution in [2.24, 2.45) is 0 Å². The molecule has 8 nitrogen and oxygen atoms in total. The van der Waals surface area contributed by atoms with Crippen molar-refractivity contribution in [3.05, 3.63) is 29.3 Å². The molecule has 30 heavy (non-hydrogen) atoms. The maximum absolute atomic E-state index is 13.1. The Hall–Kier alpha value is -2.77. The number of ether oxygens (including phenoxy) is 1. The minimum atomic E-state index is -1.08. The first-order valence-electron chi connectivity index (χ1n) is 9.90. The largest absolute Gasteiger partial charge is 0.507 e. The Morgan fingerprint density at radius 2 is 1.67 bits per heavy atom. The number of para-hydroxylation sites is 1. The molecule has 2 atom stereocenters. The highest BCUT2D eigenvalue weighted by Crippen LogP contribution is 2.31. The van der Waals surface area contributed by atoms with E-state index < -0.39 is 41.1 Å². The summed E-state index contributed by atoms with van der Waals surface area (Å²) in [4.78, 5) is 39.3. The number of aromatic hydroxyl groups is 1. The molecule has 0 aliphatic carbocycles. The lowest BCUT2D eigenvalue weighted by Gasteiger charge is -2.33. The number of hydrogen-bond acceptors (Lipinski definition) is 5. The second-order valence-corrected chi connectivity index (χ2v) is 9.47. The molecule has 1 aromatic carbocycles. The first-order chi connectivity index (χ1) is 13.5. The van der Waals surface area contributed by atoms with Crippen molar-refractivity contribution in [3.63, 3.8) is 0 Å². The van der Waals surface area contributed by atoms with E-state index in [1.807, 2.05) is 20.8 Å². The summed E-state index contributed by atoms with van der Waals surface area (Å²) in [5.74, 6) is -1.00. The molecule has 8 heteroatoms. The van der Waals surface area contributed by atoms with Crippen LogP contribution in [0.4, 0.5) is 4.79 Å². The minimum Gasteiger partial charge on any atom is -0.507 e. The van der Waals surface area contributed by atoms with E-state index in [0.29, 0.717) is 11.1 Å². The number of rotatable bonds is 5. The summed E-state index contributed by atoms with van der Waals surface area (Å²) in [5.41, 5.74) is -0.362. The fraction of sp³-hybridized carbons (Fsp3) is 0.591. The number of benzene rings is 1. The van der Waals surface area contributed by atoms with E-state index >= 15 is 0 Å². The van der Waals surface area contributed by atoms with Gasteiger partial charge >= 0.3 is 6.09 Å². The Labute approximate surface area is 179 Å². The third-order valence-corrected chi connectivity index (χ3v) is 4.15. The Bertz CT molecular complexity index is 793. The summed E-state index contributed by atoms with van der Waals surface area (Å²) < 4.78 is 5.19. The molecular weight excluding hydrogens is 386 g/mol. The molecule has 0 fully saturated rings. The van der Waals surface area contributed by atoms with E-state index in [-0.39, 0.29) is 5.75 Å². The van der Waals surface area contributed by atoms with Gasteiger partial charge in [-0.2, -0.15) is 0 Å². The third kappa shape index (κ3) is 7.24. The molecule has 1 rings (SSSR count). The maximum Gasteiger partial charge on any atom is 0.408 e. The number of aryl methyl sites for hydroxylation is 1. The normalized spacial score (nSPS) is 13.8. The number of nitrogens with zero attached hydrogens (tertiary/aromatic N) is 1. The lowest BCUT2D eigenvalue weighted by Crippen LogP contribution is -2.52. The molecule has 0 bridgehead atoms. The number of phenolic OH excluding ortho intramolecular Hbond substituents is 1. The van der Waals surface area contributed by atoms with Crippen LogP contribution in [-0.4, -0.2) is 52.1 Å². The standard InChI is InChI=1S/C22H35N3O5/c1-13-11-10-12-15(17(13)26)16(18(27)24-21(3,4)5)25(9)19(28)14(2)23-20(29)30-22(6,7)8/h10-12,14,16,26H,1-9H3,(H,23,29)(H,24,27). The van der Waals surface area contributed by atoms with Gasteiger partial charge in [0.2, 0.25) is 11.8 Å². The van der Waals surface area contributed by atoms with Gasteiger partial charge in [0.1, 0.15) is 23.4 Å². The summed E-state index contributed by atoms with van der Waals surface area (Å²) >= 11 is 0. The van der Waals surface area contributed by atoms with Gasteiger partial charge in [-0.05, 0) is 61.0 Å². The van der Waals surface area contributed by atoms with Gasteiger partial charge in [-0.1, -0.05) is 18.2 Å². The van der Waals surface area contributed by atoms with Gasteiger partial charge in [0.15, 0.2) is 0 Å². The number of carbonyl (C=O) groups excluding carboxylic acids is 3. The Morgan fingerprint density at radius 3 is 2.17 bits per heavy atom. The second kappa shape index (κ2) is 9.36. The van der Waals surface area contributed by atoms with Crippen LogP contribution in [-0.2, 0) is 14.3 Å². The van der Waals surface area contributed by atoms with Crippen LogP contribution < -0.4 is 10.6 Å². The average Bonchev–Trinajstić information content (AvgIpc) is 2.54. The van der Waals surface area contributed by atoms with Gasteiger partial charge in [0.05, 0.1) is 0 Å². The molecule has 0 aromatic heterocycles. The molecular formula is C22H35N3O5. The number of amides is 3. The molecule has 0 aliphatic heterocycles. The summed E-state index contributed by atoms with van der Waals surface area (Å²) in [6.07, 6.45) is -0.731. The van der Waals surface area contributed by atoms with Crippen molar-refractivity contribution in [1.82, 2.24) is 15.5 Å². The van der Waals surface area contributed by atoms with Crippen LogP contribution in [0.15, 0.2) is 18.2 Å². The molecule has 1 aromatic rings. The van der Waals surface area contributed by atoms with Crippen molar-refractivity contribution < 1.29 is 24.2 Å². The SMILES string of the molecule is Cc1cccc(C(C(=O)NC(C)(C)C)N(C)C(=O)C(C)NC(=O)OC(C)(C)C)c1O. The van der Waals surface area contributed by atoms with E-state index in [1.54, 1.807) is 45.9 Å². The van der Waals surface area contributed by atoms with E-state index in [1.165, 1.54) is 18.9 Å². The molecule has 168 valence electrons. The van der Waals surface area contributed by atoms with Crippen molar-refractivity contribution >= 4 is 17.9 Å². The first kappa shape index (κ1) is 25.3. The number of likely N-dealkylation sites (N-methyl/N-ethyl adjacent to an activating group) is 1. The van der Waals surface area contributed by atoms with Crippen LogP contribution in [0.3, 0.4) is 0 Å². The fourth-order valence-corrected chi connectivity index (χ4v) is 2.84. The molecule has 0 saturated carbocycles. The highest BCUT2D eigenvalue weighted by molar-refractivity contribution is 5.92. The van der Waals surface area contributed by atoms with Crippen LogP contribution >= 0.6 is 0 Å². The maximum atomic E-state index is 13.1. The van der Waals surface area contributed by atoms with Crippen molar-refractivity contribution in [3.8, 4) is 5.75 Å². The van der Waals surface area contributed by atoms with Gasteiger partial charge in [-0.15, -0.1) is 0 Å². The van der Waals surface area contributed by atoms with Crippen LogP contribution in [0, 0.1) is 6.92 Å². The summed E-state index contributed by atoms with van der Waals surface area (Å²) in [6, 6.07) is 3.00. The summed E-state index contributed by atoms with van der Waals surface area (Å²) in [6.45, 7) is 13.9. The molecule has 3 N–H and O–H groups in total. The van der Waals surface area contributed by atoms with Crippen molar-refractivity contribution in [2.75, 3.05) is 7.05 Å². The molecule has 0 radical (unpaired) electrons. The lowest BCUT2D eigenvalue weighted by atomic mass is 9.98. The molecule has 2 unspecified atom stereocenters. The van der Waals surface area contributed by atoms with Gasteiger partial charge in [0.25, 0.3) is 0 Å². The van der Waals surface area contributed by atoms with Crippen LogP contribution in [0.25, 0.3) is 0 Å². The monoisotopic (exact) mass is 421 g/mol. The van der Waals surface area contributed by atoms with Gasteiger partial charge in [0, 0.05) is 18.2 Å². The van der Waals surface area contributed by atoms with Crippen molar-refractivity contribution in [1.29, 1.82) is 0 Å². The fourth-order valence-electron chi connectivity index (χ4n) is 2.84. The molecule has 0 aliphatic rings. The predicted octanol–water partition coefficient (Wildman–Crippen LogP) is 3.03. The van der Waals surface area contributed by atoms with Crippen LogP contribution in [0.2, 0.25) is 0 Å². The second-order valence-electron chi connectivity index (χ2n) is 9.47. The third-order valence-electron chi connectivity index (χ3n) is 4.15. The Morgan fingerprint density at radius 1 is 1.10 bits per heavy atom. The summed E-state index contributed by atoms with van der Waals surface area (Å²) in [5, 5.41) is 15.9. The number of carbonyl (C=O) groups is 3. The highest BCUT2D eigenvalue weighted by Gasteiger charge is 2.35. The zero-order chi connectivity index (χ0) is 23.4. The Balaban J connectivity index is 3.20.